The molecule has 0 unspecified atom stereocenters. The minimum Gasteiger partial charge on any atom is -0.393 e. The van der Waals surface area contributed by atoms with Crippen molar-refractivity contribution >= 4 is 11.8 Å². The Hall–Kier alpha value is -2.78. The number of morpholine rings is 1. The minimum absolute atomic E-state index is 0.0317. The van der Waals surface area contributed by atoms with Gasteiger partial charge in [0.25, 0.3) is 5.91 Å². The molecule has 232 valence electrons. The lowest BCUT2D eigenvalue weighted by atomic mass is 9.45. The Labute approximate surface area is 255 Å². The number of hydroxylamine groups is 2. The fourth-order valence-corrected chi connectivity index (χ4v) is 8.29. The monoisotopic (exact) mass is 589 g/mol. The molecular weight excluding hydrogens is 542 g/mol. The van der Waals surface area contributed by atoms with Crippen molar-refractivity contribution < 1.29 is 24.3 Å². The topological polar surface area (TPSA) is 91.3 Å². The van der Waals surface area contributed by atoms with Gasteiger partial charge in [-0.05, 0) is 84.7 Å². The number of carbonyl (C=O) groups is 2. The van der Waals surface area contributed by atoms with Gasteiger partial charge in [-0.3, -0.25) is 14.4 Å². The molecule has 0 aromatic heterocycles. The van der Waals surface area contributed by atoms with Crippen molar-refractivity contribution in [2.75, 3.05) is 26.3 Å². The number of hydrogen-bond acceptors (Lipinski definition) is 6. The van der Waals surface area contributed by atoms with E-state index in [0.29, 0.717) is 61.6 Å². The molecule has 0 radical (unpaired) electrons. The van der Waals surface area contributed by atoms with E-state index < -0.39 is 12.1 Å². The zero-order valence-electron chi connectivity index (χ0n) is 26.2. The van der Waals surface area contributed by atoms with Gasteiger partial charge in [-0.15, -0.1) is 0 Å². The van der Waals surface area contributed by atoms with Crippen LogP contribution in [0.4, 0.5) is 0 Å². The number of aliphatic hydroxyl groups excluding tert-OH is 1. The molecule has 2 heterocycles. The number of fused-ring (bicyclic) bond motifs is 2. The highest BCUT2D eigenvalue weighted by molar-refractivity contribution is 5.94. The molecule has 2 aliphatic heterocycles. The Balaban J connectivity index is 1.16. The summed E-state index contributed by atoms with van der Waals surface area (Å²) >= 11 is 0. The molecule has 7 rings (SSSR count). The molecule has 2 amide bonds. The third kappa shape index (κ3) is 5.75. The van der Waals surface area contributed by atoms with Crippen LogP contribution in [0, 0.1) is 29.1 Å². The standard InChI is InChI=1S/C35H47N3O5/c1-21-29-18-28(35(29,4)5)19-30(21)36-33(40)32-31(22(2)39)23(3)43-38(32)20-24-7-6-8-27(17-24)25-9-11-26(12-10-25)34(41)37-13-15-42-16-14-37/h6-12,17,21-23,28-32,39H,13-16,18-20H2,1-5H3,(H,36,40)/t21-,22-,23-,28+,29-,30-,31+,32-/m0/s1. The molecule has 8 nitrogen and oxygen atoms in total. The van der Waals surface area contributed by atoms with Crippen molar-refractivity contribution in [1.82, 2.24) is 15.3 Å². The SMILES string of the molecule is C[C@@H]1[C@@H](NC(=O)[C@@H]2[C@H]([C@H](C)O)[C@H](C)ON2Cc2cccc(-c3ccc(C(=O)N4CCOCC4)cc3)c2)C[C@H]2C[C@@H]1C2(C)C. The Morgan fingerprint density at radius 1 is 1.05 bits per heavy atom. The second-order valence-electron chi connectivity index (χ2n) is 13.9. The molecule has 3 aliphatic carbocycles. The van der Waals surface area contributed by atoms with Crippen LogP contribution in [0.15, 0.2) is 48.5 Å². The fourth-order valence-electron chi connectivity index (χ4n) is 8.29. The molecule has 0 spiro atoms. The summed E-state index contributed by atoms with van der Waals surface area (Å²) in [6.07, 6.45) is 1.30. The average Bonchev–Trinajstić information content (AvgIpc) is 3.33. The van der Waals surface area contributed by atoms with Crippen molar-refractivity contribution in [2.24, 2.45) is 29.1 Å². The average molecular weight is 590 g/mol. The molecule has 5 aliphatic rings. The lowest BCUT2D eigenvalue weighted by molar-refractivity contribution is -0.174. The normalized spacial score (nSPS) is 32.6. The van der Waals surface area contributed by atoms with Crippen molar-refractivity contribution in [3.8, 4) is 11.1 Å². The number of nitrogens with zero attached hydrogens (tertiary/aromatic N) is 2. The van der Waals surface area contributed by atoms with Gasteiger partial charge in [0.15, 0.2) is 0 Å². The van der Waals surface area contributed by atoms with Gasteiger partial charge in [0.2, 0.25) is 5.91 Å². The molecule has 2 bridgehead atoms. The third-order valence-corrected chi connectivity index (χ3v) is 11.1. The summed E-state index contributed by atoms with van der Waals surface area (Å²) < 4.78 is 5.37. The van der Waals surface area contributed by atoms with E-state index >= 15 is 0 Å². The second kappa shape index (κ2) is 12.0. The van der Waals surface area contributed by atoms with Crippen molar-refractivity contribution in [2.45, 2.75) is 78.3 Å². The van der Waals surface area contributed by atoms with Gasteiger partial charge in [0.1, 0.15) is 6.04 Å². The molecule has 3 saturated carbocycles. The van der Waals surface area contributed by atoms with Gasteiger partial charge in [0.05, 0.1) is 32.0 Å². The summed E-state index contributed by atoms with van der Waals surface area (Å²) in [5, 5.41) is 15.9. The van der Waals surface area contributed by atoms with Crippen LogP contribution in [0.1, 0.15) is 63.4 Å². The highest BCUT2D eigenvalue weighted by Crippen LogP contribution is 2.61. The number of ether oxygens (including phenoxy) is 1. The van der Waals surface area contributed by atoms with Gasteiger partial charge in [0, 0.05) is 30.6 Å². The molecular formula is C35H47N3O5. The minimum atomic E-state index is -0.683. The number of nitrogens with one attached hydrogen (secondary N) is 1. The summed E-state index contributed by atoms with van der Waals surface area (Å²) in [6, 6.07) is 15.5. The second-order valence-corrected chi connectivity index (χ2v) is 13.9. The summed E-state index contributed by atoms with van der Waals surface area (Å²) in [5.74, 6) is 1.36. The summed E-state index contributed by atoms with van der Waals surface area (Å²) in [5.41, 5.74) is 4.08. The van der Waals surface area contributed by atoms with E-state index in [1.165, 1.54) is 6.42 Å². The van der Waals surface area contributed by atoms with Crippen molar-refractivity contribution in [3.63, 3.8) is 0 Å². The predicted molar refractivity (Wildman–Crippen MR) is 165 cm³/mol. The zero-order chi connectivity index (χ0) is 30.5. The van der Waals surface area contributed by atoms with E-state index in [9.17, 15) is 14.7 Å². The summed E-state index contributed by atoms with van der Waals surface area (Å²) in [7, 11) is 0. The van der Waals surface area contributed by atoms with Crippen LogP contribution in [0.25, 0.3) is 11.1 Å². The fraction of sp³-hybridized carbons (Fsp3) is 0.600. The maximum atomic E-state index is 13.9. The van der Waals surface area contributed by atoms with E-state index in [0.717, 1.165) is 23.1 Å². The van der Waals surface area contributed by atoms with Crippen LogP contribution in [0.3, 0.4) is 0 Å². The number of carbonyl (C=O) groups excluding carboxylic acids is 2. The van der Waals surface area contributed by atoms with Crippen LogP contribution in [-0.2, 0) is 20.9 Å². The molecule has 43 heavy (non-hydrogen) atoms. The van der Waals surface area contributed by atoms with Crippen molar-refractivity contribution in [1.29, 1.82) is 0 Å². The lowest BCUT2D eigenvalue weighted by Gasteiger charge is -2.62. The maximum Gasteiger partial charge on any atom is 0.254 e. The first-order chi connectivity index (χ1) is 20.5. The Morgan fingerprint density at radius 3 is 2.42 bits per heavy atom. The van der Waals surface area contributed by atoms with E-state index in [4.69, 9.17) is 9.57 Å². The van der Waals surface area contributed by atoms with Crippen LogP contribution >= 0.6 is 0 Å². The third-order valence-electron chi connectivity index (χ3n) is 11.1. The highest BCUT2D eigenvalue weighted by atomic mass is 16.7. The number of hydrogen-bond donors (Lipinski definition) is 2. The number of rotatable bonds is 7. The largest absolute Gasteiger partial charge is 0.393 e. The van der Waals surface area contributed by atoms with Crippen LogP contribution < -0.4 is 5.32 Å². The first-order valence-corrected chi connectivity index (χ1v) is 16.0. The van der Waals surface area contributed by atoms with Gasteiger partial charge in [-0.25, -0.2) is 0 Å². The quantitative estimate of drug-likeness (QED) is 0.494. The smallest absolute Gasteiger partial charge is 0.254 e. The van der Waals surface area contributed by atoms with Crippen LogP contribution in [0.5, 0.6) is 0 Å². The molecule has 2 N–H and O–H groups in total. The molecule has 8 heteroatoms. The van der Waals surface area contributed by atoms with E-state index in [1.54, 1.807) is 12.0 Å². The Bertz CT molecular complexity index is 1320. The summed E-state index contributed by atoms with van der Waals surface area (Å²) in [4.78, 5) is 34.9. The van der Waals surface area contributed by atoms with Gasteiger partial charge in [-0.1, -0.05) is 51.1 Å². The van der Waals surface area contributed by atoms with E-state index in [2.05, 4.69) is 38.2 Å². The number of amides is 2. The van der Waals surface area contributed by atoms with Gasteiger partial charge in [-0.2, -0.15) is 5.06 Å². The van der Waals surface area contributed by atoms with Gasteiger partial charge < -0.3 is 20.1 Å². The summed E-state index contributed by atoms with van der Waals surface area (Å²) in [6.45, 7) is 13.5. The molecule has 2 saturated heterocycles. The lowest BCUT2D eigenvalue weighted by Crippen LogP contribution is -2.62. The van der Waals surface area contributed by atoms with E-state index in [1.807, 2.05) is 48.2 Å². The Kier molecular flexibility index (Phi) is 8.41. The molecule has 2 aromatic rings. The van der Waals surface area contributed by atoms with Crippen molar-refractivity contribution in [3.05, 3.63) is 59.7 Å². The van der Waals surface area contributed by atoms with Crippen LogP contribution in [-0.4, -0.2) is 77.5 Å². The Morgan fingerprint density at radius 2 is 1.77 bits per heavy atom. The first-order valence-electron chi connectivity index (χ1n) is 16.0. The molecule has 8 atom stereocenters. The molecule has 2 aromatic carbocycles. The predicted octanol–water partition coefficient (Wildman–Crippen LogP) is 4.51. The van der Waals surface area contributed by atoms with E-state index in [-0.39, 0.29) is 29.9 Å². The first kappa shape index (κ1) is 30.3. The highest BCUT2D eigenvalue weighted by Gasteiger charge is 2.57. The number of benzene rings is 2. The van der Waals surface area contributed by atoms with Crippen LogP contribution in [0.2, 0.25) is 0 Å². The number of aliphatic hydroxyl groups is 1. The maximum absolute atomic E-state index is 13.9. The molecule has 5 fully saturated rings. The zero-order valence-corrected chi connectivity index (χ0v) is 26.2. The van der Waals surface area contributed by atoms with Gasteiger partial charge >= 0.3 is 0 Å².